The Morgan fingerprint density at radius 3 is 2.26 bits per heavy atom. The van der Waals surface area contributed by atoms with Crippen molar-refractivity contribution >= 4 is 44.6 Å². The summed E-state index contributed by atoms with van der Waals surface area (Å²) in [5.41, 5.74) is -5.54. The van der Waals surface area contributed by atoms with Crippen LogP contribution in [0.5, 0.6) is 5.75 Å². The normalized spacial score (nSPS) is 12.7. The fraction of sp³-hybridized carbons (Fsp3) is 0.188. The van der Waals surface area contributed by atoms with Gasteiger partial charge in [0.2, 0.25) is 0 Å². The fourth-order valence-electron chi connectivity index (χ4n) is 1.95. The Balaban J connectivity index is 2.40. The molecule has 0 fully saturated rings. The summed E-state index contributed by atoms with van der Waals surface area (Å²) in [4.78, 5) is 5.25. The molecule has 2 aromatic rings. The van der Waals surface area contributed by atoms with Crippen LogP contribution in [-0.2, 0) is 10.0 Å². The molecule has 2 aromatic carbocycles. The average molecular weight is 441 g/mol. The number of hydrogen-bond acceptors (Lipinski definition) is 4. The Kier molecular flexibility index (Phi) is 6.61. The highest BCUT2D eigenvalue weighted by Crippen LogP contribution is 2.29. The van der Waals surface area contributed by atoms with Crippen LogP contribution in [0.25, 0.3) is 0 Å². The second-order valence-corrected chi connectivity index (χ2v) is 7.72. The van der Waals surface area contributed by atoms with E-state index >= 15 is 0 Å². The number of hydrogen-bond donors (Lipinski definition) is 1. The van der Waals surface area contributed by atoms with E-state index < -0.39 is 15.5 Å². The van der Waals surface area contributed by atoms with E-state index in [1.807, 2.05) is 0 Å². The predicted molar refractivity (Wildman–Crippen MR) is 99.0 cm³/mol. The van der Waals surface area contributed by atoms with Crippen LogP contribution in [-0.4, -0.2) is 19.6 Å². The molecule has 0 radical (unpaired) electrons. The second kappa shape index (κ2) is 8.37. The minimum atomic E-state index is -5.60. The Labute approximate surface area is 163 Å². The molecule has 0 aromatic heterocycles. The van der Waals surface area contributed by atoms with Gasteiger partial charge in [0.05, 0.1) is 11.4 Å². The number of sulfonamides is 1. The predicted octanol–water partition coefficient (Wildman–Crippen LogP) is 5.45. The van der Waals surface area contributed by atoms with Crippen LogP contribution in [0.15, 0.2) is 47.6 Å². The van der Waals surface area contributed by atoms with Crippen LogP contribution in [0.3, 0.4) is 0 Å². The molecule has 0 amide bonds. The molecule has 0 heterocycles. The van der Waals surface area contributed by atoms with E-state index in [4.69, 9.17) is 28.0 Å². The first-order chi connectivity index (χ1) is 12.5. The quantitative estimate of drug-likeness (QED) is 0.479. The monoisotopic (exact) mass is 440 g/mol. The zero-order valence-electron chi connectivity index (χ0n) is 13.7. The summed E-state index contributed by atoms with van der Waals surface area (Å²) in [6.07, 6.45) is 0.231. The first-order valence-electron chi connectivity index (χ1n) is 7.42. The number of halogens is 5. The molecule has 0 aliphatic rings. The van der Waals surface area contributed by atoms with Crippen LogP contribution in [0.4, 0.5) is 18.9 Å². The van der Waals surface area contributed by atoms with Gasteiger partial charge in [-0.25, -0.2) is 0 Å². The van der Waals surface area contributed by atoms with Crippen LogP contribution in [0, 0.1) is 0 Å². The van der Waals surface area contributed by atoms with Gasteiger partial charge < -0.3 is 4.84 Å². The summed E-state index contributed by atoms with van der Waals surface area (Å²) in [5, 5.41) is 4.58. The summed E-state index contributed by atoms with van der Waals surface area (Å²) in [7, 11) is -5.60. The van der Waals surface area contributed by atoms with Gasteiger partial charge in [-0.15, -0.1) is 0 Å². The fourth-order valence-corrected chi connectivity index (χ4v) is 2.84. The molecule has 1 N–H and O–H groups in total. The summed E-state index contributed by atoms with van der Waals surface area (Å²) in [5.74, 6) is 0.338. The van der Waals surface area contributed by atoms with Crippen molar-refractivity contribution in [1.82, 2.24) is 0 Å². The van der Waals surface area contributed by atoms with Crippen LogP contribution in [0.1, 0.15) is 18.9 Å². The molecule has 2 rings (SSSR count). The van der Waals surface area contributed by atoms with Gasteiger partial charge in [-0.2, -0.15) is 21.6 Å². The summed E-state index contributed by atoms with van der Waals surface area (Å²) in [6, 6.07) is 9.90. The molecular weight excluding hydrogens is 428 g/mol. The molecule has 0 saturated heterocycles. The Hall–Kier alpha value is -1.97. The van der Waals surface area contributed by atoms with Crippen molar-refractivity contribution in [3.63, 3.8) is 0 Å². The van der Waals surface area contributed by atoms with Gasteiger partial charge in [0, 0.05) is 15.6 Å². The van der Waals surface area contributed by atoms with Crippen molar-refractivity contribution in [3.05, 3.63) is 58.1 Å². The molecule has 0 bridgehead atoms. The van der Waals surface area contributed by atoms with Crippen molar-refractivity contribution in [1.29, 1.82) is 0 Å². The Morgan fingerprint density at radius 2 is 1.70 bits per heavy atom. The maximum Gasteiger partial charge on any atom is 0.516 e. The molecule has 0 saturated carbocycles. The van der Waals surface area contributed by atoms with Gasteiger partial charge in [-0.1, -0.05) is 35.3 Å². The minimum absolute atomic E-state index is 0.0618. The molecule has 0 spiro atoms. The highest BCUT2D eigenvalue weighted by molar-refractivity contribution is 7.93. The van der Waals surface area contributed by atoms with E-state index in [0.717, 1.165) is 6.07 Å². The van der Waals surface area contributed by atoms with Crippen molar-refractivity contribution < 1.29 is 26.4 Å². The molecular formula is C16H13Cl2F3N2O3S. The van der Waals surface area contributed by atoms with Crippen LogP contribution in [0.2, 0.25) is 10.0 Å². The van der Waals surface area contributed by atoms with E-state index in [1.165, 1.54) is 16.9 Å². The van der Waals surface area contributed by atoms with Crippen molar-refractivity contribution in [2.24, 2.45) is 5.16 Å². The number of nitrogens with zero attached hydrogens (tertiary/aromatic N) is 1. The SMILES string of the molecule is CC/C(=N/Oc1ccc(Cl)cc1)c1cc(Cl)ccc1NS(=O)(=O)C(F)(F)F. The maximum absolute atomic E-state index is 12.7. The van der Waals surface area contributed by atoms with Gasteiger partial charge in [-0.3, -0.25) is 4.72 Å². The Morgan fingerprint density at radius 1 is 1.11 bits per heavy atom. The van der Waals surface area contributed by atoms with Gasteiger partial charge in [0.15, 0.2) is 5.75 Å². The molecule has 5 nitrogen and oxygen atoms in total. The number of nitrogens with one attached hydrogen (secondary N) is 1. The Bertz CT molecular complexity index is 946. The summed E-state index contributed by atoms with van der Waals surface area (Å²) in [6.45, 7) is 1.67. The largest absolute Gasteiger partial charge is 0.516 e. The smallest absolute Gasteiger partial charge is 0.357 e. The molecule has 0 unspecified atom stereocenters. The highest BCUT2D eigenvalue weighted by atomic mass is 35.5. The lowest BCUT2D eigenvalue weighted by Crippen LogP contribution is -2.30. The lowest BCUT2D eigenvalue weighted by atomic mass is 10.1. The van der Waals surface area contributed by atoms with Crippen LogP contribution < -0.4 is 9.56 Å². The van der Waals surface area contributed by atoms with Gasteiger partial charge in [-0.05, 0) is 48.9 Å². The van der Waals surface area contributed by atoms with Gasteiger partial charge in [0.1, 0.15) is 0 Å². The van der Waals surface area contributed by atoms with E-state index in [2.05, 4.69) is 5.16 Å². The van der Waals surface area contributed by atoms with E-state index in [9.17, 15) is 21.6 Å². The highest BCUT2D eigenvalue weighted by Gasteiger charge is 2.46. The summed E-state index contributed by atoms with van der Waals surface area (Å²) < 4.78 is 62.4. The van der Waals surface area contributed by atoms with Crippen LogP contribution >= 0.6 is 23.2 Å². The molecule has 27 heavy (non-hydrogen) atoms. The third kappa shape index (κ3) is 5.50. The number of rotatable bonds is 6. The number of alkyl halides is 3. The van der Waals surface area contributed by atoms with Crippen molar-refractivity contribution in [2.75, 3.05) is 4.72 Å². The standard InChI is InChI=1S/C16H13Cl2F3N2O3S/c1-2-14(22-26-12-6-3-10(17)4-7-12)13-9-11(18)5-8-15(13)23-27(24,25)16(19,20)21/h3-9,23H,2H2,1H3/b22-14-. The number of anilines is 1. The van der Waals surface area contributed by atoms with E-state index in [1.54, 1.807) is 31.2 Å². The zero-order chi connectivity index (χ0) is 20.2. The summed E-state index contributed by atoms with van der Waals surface area (Å²) >= 11 is 11.7. The first kappa shape index (κ1) is 21.3. The van der Waals surface area contributed by atoms with Crippen molar-refractivity contribution in [3.8, 4) is 5.75 Å². The lowest BCUT2D eigenvalue weighted by molar-refractivity contribution is -0.0429. The lowest BCUT2D eigenvalue weighted by Gasteiger charge is -2.15. The molecule has 0 aliphatic carbocycles. The third-order valence-corrected chi connectivity index (χ3v) is 4.84. The molecule has 11 heteroatoms. The first-order valence-corrected chi connectivity index (χ1v) is 9.66. The molecule has 0 aliphatic heterocycles. The van der Waals surface area contributed by atoms with Gasteiger partial charge in [0.25, 0.3) is 0 Å². The maximum atomic E-state index is 12.7. The van der Waals surface area contributed by atoms with E-state index in [-0.39, 0.29) is 28.4 Å². The van der Waals surface area contributed by atoms with E-state index in [0.29, 0.717) is 10.8 Å². The molecule has 146 valence electrons. The number of benzene rings is 2. The minimum Gasteiger partial charge on any atom is -0.357 e. The van der Waals surface area contributed by atoms with Gasteiger partial charge >= 0.3 is 15.5 Å². The topological polar surface area (TPSA) is 67.8 Å². The second-order valence-electron chi connectivity index (χ2n) is 5.18. The zero-order valence-corrected chi connectivity index (χ0v) is 16.0. The third-order valence-electron chi connectivity index (χ3n) is 3.25. The average Bonchev–Trinajstić information content (AvgIpc) is 2.58. The molecule has 0 atom stereocenters. The van der Waals surface area contributed by atoms with Crippen molar-refractivity contribution in [2.45, 2.75) is 18.9 Å². The number of oxime groups is 1.